The molecule has 1 unspecified atom stereocenters. The van der Waals surface area contributed by atoms with E-state index in [1.165, 1.54) is 31.5 Å². The lowest BCUT2D eigenvalue weighted by molar-refractivity contribution is 0.176. The number of benzene rings is 1. The predicted molar refractivity (Wildman–Crippen MR) is 67.9 cm³/mol. The Labute approximate surface area is 102 Å². The van der Waals surface area contributed by atoms with E-state index in [1.807, 2.05) is 12.1 Å². The van der Waals surface area contributed by atoms with Crippen molar-refractivity contribution in [3.63, 3.8) is 0 Å². The Bertz CT molecular complexity index is 359. The summed E-state index contributed by atoms with van der Waals surface area (Å²) in [7, 11) is 2.25. The molecule has 1 heterocycles. The molecule has 1 aromatic carbocycles. The van der Waals surface area contributed by atoms with E-state index in [0.717, 1.165) is 22.8 Å². The number of rotatable bonds is 1. The molecule has 1 saturated carbocycles. The Balaban J connectivity index is 1.88. The summed E-state index contributed by atoms with van der Waals surface area (Å²) in [5.41, 5.74) is 1.50. The van der Waals surface area contributed by atoms with Crippen LogP contribution in [0.1, 0.15) is 24.3 Å². The van der Waals surface area contributed by atoms with Gasteiger partial charge in [-0.3, -0.25) is 0 Å². The van der Waals surface area contributed by atoms with Gasteiger partial charge in [-0.2, -0.15) is 0 Å². The average molecular weight is 236 g/mol. The van der Waals surface area contributed by atoms with Crippen LogP contribution in [0.4, 0.5) is 0 Å². The molecule has 0 radical (unpaired) electrons. The molecule has 1 aliphatic carbocycles. The zero-order valence-corrected chi connectivity index (χ0v) is 10.5. The third kappa shape index (κ3) is 1.76. The van der Waals surface area contributed by atoms with E-state index < -0.39 is 0 Å². The quantitative estimate of drug-likeness (QED) is 0.721. The molecule has 2 heteroatoms. The number of fused-ring (bicyclic) bond motifs is 2. The van der Waals surface area contributed by atoms with E-state index in [-0.39, 0.29) is 0 Å². The van der Waals surface area contributed by atoms with E-state index in [1.54, 1.807) is 0 Å². The van der Waals surface area contributed by atoms with Gasteiger partial charge >= 0.3 is 0 Å². The van der Waals surface area contributed by atoms with Gasteiger partial charge in [-0.05, 0) is 55.3 Å². The minimum absolute atomic E-state index is 0.786. The number of hydrogen-bond acceptors (Lipinski definition) is 1. The summed E-state index contributed by atoms with van der Waals surface area (Å²) in [6, 6.07) is 8.52. The van der Waals surface area contributed by atoms with Gasteiger partial charge in [0.2, 0.25) is 0 Å². The second-order valence-electron chi connectivity index (χ2n) is 5.40. The van der Waals surface area contributed by atoms with Gasteiger partial charge in [-0.15, -0.1) is 0 Å². The van der Waals surface area contributed by atoms with Gasteiger partial charge < -0.3 is 4.90 Å². The highest BCUT2D eigenvalue weighted by atomic mass is 35.5. The molecule has 2 aliphatic rings. The molecular weight excluding hydrogens is 218 g/mol. The average Bonchev–Trinajstić information content (AvgIpc) is 2.54. The number of halogens is 1. The van der Waals surface area contributed by atoms with Gasteiger partial charge in [0, 0.05) is 18.1 Å². The lowest BCUT2D eigenvalue weighted by atomic mass is 9.80. The van der Waals surface area contributed by atoms with Gasteiger partial charge in [-0.1, -0.05) is 23.7 Å². The summed E-state index contributed by atoms with van der Waals surface area (Å²) in [5.74, 6) is 2.52. The molecule has 2 bridgehead atoms. The highest BCUT2D eigenvalue weighted by Gasteiger charge is 2.41. The molecule has 0 N–H and O–H groups in total. The fraction of sp³-hybridized carbons (Fsp3) is 0.571. The zero-order chi connectivity index (χ0) is 11.1. The number of hydrogen-bond donors (Lipinski definition) is 0. The van der Waals surface area contributed by atoms with Crippen LogP contribution < -0.4 is 0 Å². The molecule has 1 aliphatic heterocycles. The number of piperidine rings is 1. The molecule has 3 atom stereocenters. The third-order valence-corrected chi connectivity index (χ3v) is 4.52. The molecule has 86 valence electrons. The fourth-order valence-electron chi connectivity index (χ4n) is 3.69. The van der Waals surface area contributed by atoms with Crippen molar-refractivity contribution < 1.29 is 0 Å². The minimum atomic E-state index is 0.786. The van der Waals surface area contributed by atoms with Crippen LogP contribution in [0.3, 0.4) is 0 Å². The van der Waals surface area contributed by atoms with Crippen LogP contribution in [0, 0.1) is 11.8 Å². The topological polar surface area (TPSA) is 3.24 Å². The van der Waals surface area contributed by atoms with Crippen molar-refractivity contribution in [3.8, 4) is 0 Å². The first-order valence-corrected chi connectivity index (χ1v) is 6.56. The van der Waals surface area contributed by atoms with Gasteiger partial charge in [0.05, 0.1) is 0 Å². The van der Waals surface area contributed by atoms with E-state index in [0.29, 0.717) is 0 Å². The highest BCUT2D eigenvalue weighted by molar-refractivity contribution is 6.30. The van der Waals surface area contributed by atoms with Crippen LogP contribution in [-0.2, 0) is 0 Å². The Hall–Kier alpha value is -0.530. The lowest BCUT2D eigenvalue weighted by Crippen LogP contribution is -2.38. The summed E-state index contributed by atoms with van der Waals surface area (Å²) in [4.78, 5) is 2.49. The number of nitrogens with zero attached hydrogens (tertiary/aromatic N) is 1. The van der Waals surface area contributed by atoms with E-state index in [9.17, 15) is 0 Å². The largest absolute Gasteiger partial charge is 0.306 e. The molecule has 0 amide bonds. The maximum atomic E-state index is 5.95. The summed E-state index contributed by atoms with van der Waals surface area (Å²) in [5, 5.41) is 0.851. The van der Waals surface area contributed by atoms with Crippen molar-refractivity contribution in [3.05, 3.63) is 34.9 Å². The van der Waals surface area contributed by atoms with Crippen LogP contribution in [0.2, 0.25) is 5.02 Å². The summed E-state index contributed by atoms with van der Waals surface area (Å²) < 4.78 is 0. The Morgan fingerprint density at radius 2 is 1.62 bits per heavy atom. The molecule has 3 rings (SSSR count). The van der Waals surface area contributed by atoms with Crippen LogP contribution in [0.5, 0.6) is 0 Å². The van der Waals surface area contributed by atoms with Crippen LogP contribution in [0.25, 0.3) is 0 Å². The summed E-state index contributed by atoms with van der Waals surface area (Å²) in [6.45, 7) is 2.54. The molecule has 0 aromatic heterocycles. The molecular formula is C14H18ClN. The van der Waals surface area contributed by atoms with Crippen molar-refractivity contribution in [1.82, 2.24) is 4.90 Å². The Morgan fingerprint density at radius 3 is 2.19 bits per heavy atom. The van der Waals surface area contributed by atoms with Crippen molar-refractivity contribution in [2.45, 2.75) is 18.8 Å². The van der Waals surface area contributed by atoms with E-state index in [2.05, 4.69) is 24.1 Å². The van der Waals surface area contributed by atoms with Crippen molar-refractivity contribution >= 4 is 11.6 Å². The van der Waals surface area contributed by atoms with Crippen molar-refractivity contribution in [1.29, 1.82) is 0 Å². The van der Waals surface area contributed by atoms with Crippen LogP contribution in [0.15, 0.2) is 24.3 Å². The Morgan fingerprint density at radius 1 is 1.06 bits per heavy atom. The first kappa shape index (κ1) is 10.6. The molecule has 1 nitrogen and oxygen atoms in total. The first-order valence-electron chi connectivity index (χ1n) is 6.18. The van der Waals surface area contributed by atoms with Gasteiger partial charge in [0.25, 0.3) is 0 Å². The zero-order valence-electron chi connectivity index (χ0n) is 9.70. The second-order valence-corrected chi connectivity index (χ2v) is 5.83. The van der Waals surface area contributed by atoms with Crippen molar-refractivity contribution in [2.75, 3.05) is 20.1 Å². The summed E-state index contributed by atoms with van der Waals surface area (Å²) in [6.07, 6.45) is 2.81. The monoisotopic (exact) mass is 235 g/mol. The number of likely N-dealkylation sites (tertiary alicyclic amines) is 1. The van der Waals surface area contributed by atoms with E-state index in [4.69, 9.17) is 11.6 Å². The highest BCUT2D eigenvalue weighted by Crippen LogP contribution is 2.47. The van der Waals surface area contributed by atoms with Crippen molar-refractivity contribution in [2.24, 2.45) is 11.8 Å². The third-order valence-electron chi connectivity index (χ3n) is 4.27. The lowest BCUT2D eigenvalue weighted by Gasteiger charge is -2.36. The second kappa shape index (κ2) is 4.05. The fourth-order valence-corrected chi connectivity index (χ4v) is 3.81. The van der Waals surface area contributed by atoms with Crippen LogP contribution >= 0.6 is 11.6 Å². The predicted octanol–water partition coefficient (Wildman–Crippen LogP) is 3.40. The molecule has 0 spiro atoms. The maximum Gasteiger partial charge on any atom is 0.0406 e. The van der Waals surface area contributed by atoms with Gasteiger partial charge in [0.15, 0.2) is 0 Å². The SMILES string of the molecule is CN1C[C@H]2CC[C@@H](C1)C2c1ccc(Cl)cc1. The molecule has 16 heavy (non-hydrogen) atoms. The van der Waals surface area contributed by atoms with Crippen LogP contribution in [-0.4, -0.2) is 25.0 Å². The molecule has 1 aromatic rings. The first-order chi connectivity index (χ1) is 7.74. The minimum Gasteiger partial charge on any atom is -0.306 e. The molecule has 1 saturated heterocycles. The Kier molecular flexibility index (Phi) is 2.68. The molecule has 2 fully saturated rings. The smallest absolute Gasteiger partial charge is 0.0406 e. The normalized spacial score (nSPS) is 34.2. The van der Waals surface area contributed by atoms with E-state index >= 15 is 0 Å². The summed E-state index contributed by atoms with van der Waals surface area (Å²) >= 11 is 5.95. The van der Waals surface area contributed by atoms with Gasteiger partial charge in [-0.25, -0.2) is 0 Å². The standard InChI is InChI=1S/C14H18ClN/c1-16-8-11-2-3-12(9-16)14(11)10-4-6-13(15)7-5-10/h4-7,11-12,14H,2-3,8-9H2,1H3/t11-,12+,14?. The van der Waals surface area contributed by atoms with Gasteiger partial charge in [0.1, 0.15) is 0 Å². The maximum absolute atomic E-state index is 5.95.